The van der Waals surface area contributed by atoms with Gasteiger partial charge in [0.25, 0.3) is 0 Å². The minimum Gasteiger partial charge on any atom is -0.399 e. The number of hydrogen-bond acceptors (Lipinski definition) is 3. The summed E-state index contributed by atoms with van der Waals surface area (Å²) in [5.41, 5.74) is 6.74. The summed E-state index contributed by atoms with van der Waals surface area (Å²) in [6.07, 6.45) is 0. The van der Waals surface area contributed by atoms with Gasteiger partial charge in [-0.15, -0.1) is 0 Å². The number of anilines is 1. The summed E-state index contributed by atoms with van der Waals surface area (Å²) in [4.78, 5) is 26.1. The van der Waals surface area contributed by atoms with Crippen molar-refractivity contribution in [3.8, 4) is 0 Å². The smallest absolute Gasteiger partial charge is 0.334 e. The van der Waals surface area contributed by atoms with E-state index in [0.29, 0.717) is 16.7 Å². The highest BCUT2D eigenvalue weighted by Gasteiger charge is 2.14. The van der Waals surface area contributed by atoms with E-state index in [4.69, 9.17) is 5.73 Å². The molecule has 0 aliphatic carbocycles. The number of nitrogens with two attached hydrogens (primary N) is 1. The first-order valence-electron chi connectivity index (χ1n) is 5.30. The fourth-order valence-corrected chi connectivity index (χ4v) is 1.64. The van der Waals surface area contributed by atoms with Gasteiger partial charge in [0.05, 0.1) is 11.0 Å². The number of aromatic amines is 1. The predicted molar refractivity (Wildman–Crippen MR) is 66.0 cm³/mol. The third-order valence-corrected chi connectivity index (χ3v) is 2.32. The number of rotatable bonds is 1. The Balaban J connectivity index is 2.57. The van der Waals surface area contributed by atoms with Crippen LogP contribution in [0.5, 0.6) is 0 Å². The number of carbonyl (C=O) groups excluding carboxylic acids is 1. The molecule has 1 amide bonds. The van der Waals surface area contributed by atoms with E-state index in [-0.39, 0.29) is 6.04 Å². The van der Waals surface area contributed by atoms with E-state index in [1.165, 1.54) is 0 Å². The molecule has 0 radical (unpaired) electrons. The van der Waals surface area contributed by atoms with Crippen molar-refractivity contribution in [2.24, 2.45) is 0 Å². The quantitative estimate of drug-likeness (QED) is 0.639. The Kier molecular flexibility index (Phi) is 2.63. The molecule has 17 heavy (non-hydrogen) atoms. The lowest BCUT2D eigenvalue weighted by atomic mass is 10.3. The Morgan fingerprint density at radius 2 is 2.18 bits per heavy atom. The lowest BCUT2D eigenvalue weighted by molar-refractivity contribution is 0.240. The van der Waals surface area contributed by atoms with Crippen molar-refractivity contribution in [2.45, 2.75) is 19.9 Å². The molecule has 2 rings (SSSR count). The van der Waals surface area contributed by atoms with Crippen molar-refractivity contribution in [3.05, 3.63) is 28.7 Å². The second-order valence-electron chi connectivity index (χ2n) is 4.15. The largest absolute Gasteiger partial charge is 0.399 e. The number of nitrogen functional groups attached to an aromatic ring is 1. The summed E-state index contributed by atoms with van der Waals surface area (Å²) in [7, 11) is 0. The third kappa shape index (κ3) is 2.01. The molecule has 6 nitrogen and oxygen atoms in total. The van der Waals surface area contributed by atoms with E-state index in [0.717, 1.165) is 4.57 Å². The first kappa shape index (κ1) is 11.3. The lowest BCUT2D eigenvalue weighted by Gasteiger charge is -2.08. The molecule has 0 fully saturated rings. The maximum absolute atomic E-state index is 11.8. The number of aromatic nitrogens is 2. The predicted octanol–water partition coefficient (Wildman–Crippen LogP) is 0.878. The van der Waals surface area contributed by atoms with Gasteiger partial charge in [-0.25, -0.2) is 14.2 Å². The molecule has 90 valence electrons. The van der Waals surface area contributed by atoms with Gasteiger partial charge < -0.3 is 16.0 Å². The highest BCUT2D eigenvalue weighted by Crippen LogP contribution is 2.13. The van der Waals surface area contributed by atoms with Crippen molar-refractivity contribution in [1.29, 1.82) is 0 Å². The van der Waals surface area contributed by atoms with Crippen LogP contribution in [0.15, 0.2) is 23.0 Å². The van der Waals surface area contributed by atoms with Crippen LogP contribution in [0.1, 0.15) is 13.8 Å². The summed E-state index contributed by atoms with van der Waals surface area (Å²) in [6.45, 7) is 3.66. The average molecular weight is 234 g/mol. The molecule has 0 saturated heterocycles. The molecule has 2 aromatic rings. The first-order chi connectivity index (χ1) is 7.99. The Hall–Kier alpha value is -2.24. The molecule has 0 saturated carbocycles. The summed E-state index contributed by atoms with van der Waals surface area (Å²) in [5, 5.41) is 2.67. The molecule has 6 heteroatoms. The Bertz CT molecular complexity index is 624. The maximum Gasteiger partial charge on any atom is 0.334 e. The molecule has 0 bridgehead atoms. The molecule has 1 aromatic carbocycles. The number of amides is 1. The van der Waals surface area contributed by atoms with Gasteiger partial charge in [0.2, 0.25) is 0 Å². The summed E-state index contributed by atoms with van der Waals surface area (Å²) >= 11 is 0. The normalized spacial score (nSPS) is 11.0. The van der Waals surface area contributed by atoms with Crippen LogP contribution in [0.25, 0.3) is 11.0 Å². The van der Waals surface area contributed by atoms with Crippen LogP contribution in [0.2, 0.25) is 0 Å². The molecule has 1 heterocycles. The molecular formula is C11H14N4O2. The number of nitrogens with zero attached hydrogens (tertiary/aromatic N) is 1. The van der Waals surface area contributed by atoms with Crippen LogP contribution in [0.3, 0.4) is 0 Å². The Morgan fingerprint density at radius 1 is 1.47 bits per heavy atom. The van der Waals surface area contributed by atoms with Crippen molar-refractivity contribution in [1.82, 2.24) is 14.9 Å². The average Bonchev–Trinajstić information content (AvgIpc) is 2.51. The minimum atomic E-state index is -0.469. The first-order valence-corrected chi connectivity index (χ1v) is 5.30. The van der Waals surface area contributed by atoms with Crippen molar-refractivity contribution < 1.29 is 4.79 Å². The number of H-pyrrole nitrogens is 1. The van der Waals surface area contributed by atoms with Gasteiger partial charge in [-0.3, -0.25) is 0 Å². The molecule has 0 atom stereocenters. The van der Waals surface area contributed by atoms with E-state index < -0.39 is 11.7 Å². The van der Waals surface area contributed by atoms with E-state index >= 15 is 0 Å². The molecule has 0 aliphatic heterocycles. The second-order valence-corrected chi connectivity index (χ2v) is 4.15. The molecular weight excluding hydrogens is 220 g/mol. The topological polar surface area (TPSA) is 92.9 Å². The molecule has 0 unspecified atom stereocenters. The Labute approximate surface area is 97.4 Å². The molecule has 0 spiro atoms. The number of benzene rings is 1. The van der Waals surface area contributed by atoms with Crippen molar-refractivity contribution in [3.63, 3.8) is 0 Å². The highest BCUT2D eigenvalue weighted by atomic mass is 16.2. The van der Waals surface area contributed by atoms with Crippen LogP contribution in [0.4, 0.5) is 10.5 Å². The number of fused-ring (bicyclic) bond motifs is 1. The fourth-order valence-electron chi connectivity index (χ4n) is 1.64. The van der Waals surface area contributed by atoms with Crippen LogP contribution < -0.4 is 16.7 Å². The maximum atomic E-state index is 11.8. The van der Waals surface area contributed by atoms with Crippen LogP contribution in [-0.4, -0.2) is 21.6 Å². The fraction of sp³-hybridized carbons (Fsp3) is 0.273. The van der Waals surface area contributed by atoms with Gasteiger partial charge in [-0.05, 0) is 32.0 Å². The van der Waals surface area contributed by atoms with Gasteiger partial charge in [0.15, 0.2) is 0 Å². The molecule has 0 aliphatic rings. The number of carbonyl (C=O) groups is 1. The number of imidazole rings is 1. The Morgan fingerprint density at radius 3 is 2.82 bits per heavy atom. The number of nitrogens with one attached hydrogen (secondary N) is 2. The lowest BCUT2D eigenvalue weighted by Crippen LogP contribution is -2.38. The minimum absolute atomic E-state index is 0.0341. The third-order valence-electron chi connectivity index (χ3n) is 2.32. The van der Waals surface area contributed by atoms with Gasteiger partial charge in [0, 0.05) is 11.7 Å². The zero-order valence-corrected chi connectivity index (χ0v) is 9.65. The second kappa shape index (κ2) is 3.97. The standard InChI is InChI=1S/C11H14N4O2/c1-6(2)13-10(16)15-9-4-3-7(12)5-8(9)14-11(15)17/h3-6H,12H2,1-2H3,(H,13,16)(H,14,17). The van der Waals surface area contributed by atoms with Gasteiger partial charge >= 0.3 is 11.7 Å². The zero-order valence-electron chi connectivity index (χ0n) is 9.65. The summed E-state index contributed by atoms with van der Waals surface area (Å²) in [5.74, 6) is 0. The highest BCUT2D eigenvalue weighted by molar-refractivity contribution is 5.90. The van der Waals surface area contributed by atoms with Gasteiger partial charge in [-0.1, -0.05) is 0 Å². The zero-order chi connectivity index (χ0) is 12.6. The van der Waals surface area contributed by atoms with E-state index in [9.17, 15) is 9.59 Å². The van der Waals surface area contributed by atoms with Crippen molar-refractivity contribution in [2.75, 3.05) is 5.73 Å². The van der Waals surface area contributed by atoms with Crippen LogP contribution in [0, 0.1) is 0 Å². The molecule has 4 N–H and O–H groups in total. The van der Waals surface area contributed by atoms with Crippen LogP contribution >= 0.6 is 0 Å². The molecule has 1 aromatic heterocycles. The monoisotopic (exact) mass is 234 g/mol. The SMILES string of the molecule is CC(C)NC(=O)n1c(=O)[nH]c2cc(N)ccc21. The van der Waals surface area contributed by atoms with E-state index in [1.807, 2.05) is 13.8 Å². The summed E-state index contributed by atoms with van der Waals surface area (Å²) < 4.78 is 1.06. The van der Waals surface area contributed by atoms with Crippen LogP contribution in [-0.2, 0) is 0 Å². The van der Waals surface area contributed by atoms with E-state index in [1.54, 1.807) is 18.2 Å². The van der Waals surface area contributed by atoms with Gasteiger partial charge in [0.1, 0.15) is 0 Å². The van der Waals surface area contributed by atoms with Gasteiger partial charge in [-0.2, -0.15) is 0 Å². The van der Waals surface area contributed by atoms with Crippen molar-refractivity contribution >= 4 is 22.8 Å². The number of hydrogen-bond donors (Lipinski definition) is 3. The van der Waals surface area contributed by atoms with E-state index in [2.05, 4.69) is 10.3 Å². The summed E-state index contributed by atoms with van der Waals surface area (Å²) in [6, 6.07) is 4.43.